The molecule has 0 heterocycles. The summed E-state index contributed by atoms with van der Waals surface area (Å²) in [5, 5.41) is 5.47. The number of ether oxygens (including phenoxy) is 1. The van der Waals surface area contributed by atoms with Crippen LogP contribution in [0.15, 0.2) is 46.9 Å². The molecule has 114 valence electrons. The molecule has 2 amide bonds. The molecule has 0 saturated carbocycles. The molecule has 0 saturated heterocycles. The van der Waals surface area contributed by atoms with Crippen molar-refractivity contribution in [2.75, 3.05) is 17.7 Å². The maximum Gasteiger partial charge on any atom is 0.337 e. The Morgan fingerprint density at radius 3 is 2.32 bits per heavy atom. The second-order valence-corrected chi connectivity index (χ2v) is 5.52. The number of nitrogens with one attached hydrogen (secondary N) is 2. The number of urea groups is 1. The fourth-order valence-corrected chi connectivity index (χ4v) is 2.34. The average Bonchev–Trinajstić information content (AvgIpc) is 2.50. The highest BCUT2D eigenvalue weighted by molar-refractivity contribution is 9.10. The molecule has 0 unspecified atom stereocenters. The van der Waals surface area contributed by atoms with Gasteiger partial charge in [0.25, 0.3) is 0 Å². The van der Waals surface area contributed by atoms with Crippen LogP contribution in [0, 0.1) is 6.92 Å². The normalized spacial score (nSPS) is 9.95. The summed E-state index contributed by atoms with van der Waals surface area (Å²) in [6.45, 7) is 1.91. The number of carbonyl (C=O) groups is 2. The van der Waals surface area contributed by atoms with Crippen molar-refractivity contribution < 1.29 is 14.3 Å². The first-order valence-corrected chi connectivity index (χ1v) is 7.31. The van der Waals surface area contributed by atoms with Gasteiger partial charge in [-0.2, -0.15) is 0 Å². The zero-order chi connectivity index (χ0) is 16.1. The van der Waals surface area contributed by atoms with E-state index in [9.17, 15) is 9.59 Å². The van der Waals surface area contributed by atoms with Crippen LogP contribution in [0.4, 0.5) is 16.2 Å². The smallest absolute Gasteiger partial charge is 0.337 e. The number of carbonyl (C=O) groups excluding carboxylic acids is 2. The molecule has 0 fully saturated rings. The first-order valence-electron chi connectivity index (χ1n) is 6.52. The molecule has 0 aliphatic carbocycles. The van der Waals surface area contributed by atoms with Gasteiger partial charge in [0.1, 0.15) is 0 Å². The van der Waals surface area contributed by atoms with E-state index in [-0.39, 0.29) is 6.03 Å². The van der Waals surface area contributed by atoms with Gasteiger partial charge in [-0.15, -0.1) is 0 Å². The number of benzene rings is 2. The van der Waals surface area contributed by atoms with E-state index in [1.54, 1.807) is 24.3 Å². The molecule has 2 aromatic carbocycles. The molecular weight excluding hydrogens is 348 g/mol. The van der Waals surface area contributed by atoms with Crippen molar-refractivity contribution >= 4 is 39.3 Å². The Labute approximate surface area is 136 Å². The van der Waals surface area contributed by atoms with Crippen molar-refractivity contribution in [3.8, 4) is 0 Å². The SMILES string of the molecule is COC(=O)c1ccc(NC(=O)Nc2ccc(Br)cc2C)cc1. The Hall–Kier alpha value is -2.34. The van der Waals surface area contributed by atoms with Crippen LogP contribution in [0.5, 0.6) is 0 Å². The summed E-state index contributed by atoms with van der Waals surface area (Å²) in [4.78, 5) is 23.3. The predicted molar refractivity (Wildman–Crippen MR) is 89.3 cm³/mol. The average molecular weight is 363 g/mol. The van der Waals surface area contributed by atoms with Crippen LogP contribution in [0.2, 0.25) is 0 Å². The molecule has 2 rings (SSSR count). The molecule has 2 N–H and O–H groups in total. The maximum atomic E-state index is 12.0. The summed E-state index contributed by atoms with van der Waals surface area (Å²) in [5.41, 5.74) is 2.69. The topological polar surface area (TPSA) is 67.4 Å². The number of rotatable bonds is 3. The van der Waals surface area contributed by atoms with Gasteiger partial charge in [0.2, 0.25) is 0 Å². The number of methoxy groups -OCH3 is 1. The molecule has 0 aliphatic heterocycles. The number of halogens is 1. The van der Waals surface area contributed by atoms with Crippen LogP contribution in [0.25, 0.3) is 0 Å². The van der Waals surface area contributed by atoms with Crippen molar-refractivity contribution in [1.82, 2.24) is 0 Å². The van der Waals surface area contributed by atoms with Gasteiger partial charge < -0.3 is 15.4 Å². The van der Waals surface area contributed by atoms with Crippen molar-refractivity contribution in [2.45, 2.75) is 6.92 Å². The lowest BCUT2D eigenvalue weighted by atomic mass is 10.2. The van der Waals surface area contributed by atoms with Crippen molar-refractivity contribution in [1.29, 1.82) is 0 Å². The summed E-state index contributed by atoms with van der Waals surface area (Å²) in [5.74, 6) is -0.415. The lowest BCUT2D eigenvalue weighted by molar-refractivity contribution is 0.0601. The van der Waals surface area contributed by atoms with E-state index in [4.69, 9.17) is 0 Å². The quantitative estimate of drug-likeness (QED) is 0.804. The minimum absolute atomic E-state index is 0.351. The number of hydrogen-bond acceptors (Lipinski definition) is 3. The van der Waals surface area contributed by atoms with Gasteiger partial charge in [-0.1, -0.05) is 15.9 Å². The second-order valence-electron chi connectivity index (χ2n) is 4.61. The van der Waals surface area contributed by atoms with Crippen LogP contribution in [0.3, 0.4) is 0 Å². The fourth-order valence-electron chi connectivity index (χ4n) is 1.86. The van der Waals surface area contributed by atoms with Gasteiger partial charge in [0.05, 0.1) is 12.7 Å². The first kappa shape index (κ1) is 16.0. The summed E-state index contributed by atoms with van der Waals surface area (Å²) in [7, 11) is 1.32. The van der Waals surface area contributed by atoms with Crippen LogP contribution in [0.1, 0.15) is 15.9 Å². The van der Waals surface area contributed by atoms with E-state index in [1.165, 1.54) is 7.11 Å². The monoisotopic (exact) mass is 362 g/mol. The van der Waals surface area contributed by atoms with E-state index in [2.05, 4.69) is 31.3 Å². The van der Waals surface area contributed by atoms with Gasteiger partial charge in [0, 0.05) is 15.8 Å². The third-order valence-corrected chi connectivity index (χ3v) is 3.49. The molecule has 22 heavy (non-hydrogen) atoms. The first-order chi connectivity index (χ1) is 10.5. The minimum atomic E-state index is -0.415. The number of hydrogen-bond donors (Lipinski definition) is 2. The van der Waals surface area contributed by atoms with Crippen molar-refractivity contribution in [3.63, 3.8) is 0 Å². The summed E-state index contributed by atoms with van der Waals surface area (Å²) < 4.78 is 5.57. The van der Waals surface area contributed by atoms with E-state index < -0.39 is 5.97 Å². The Balaban J connectivity index is 2.01. The molecule has 5 nitrogen and oxygen atoms in total. The molecule has 0 radical (unpaired) electrons. The highest BCUT2D eigenvalue weighted by Gasteiger charge is 2.07. The molecule has 0 bridgehead atoms. The van der Waals surface area contributed by atoms with E-state index in [0.717, 1.165) is 15.7 Å². The summed E-state index contributed by atoms with van der Waals surface area (Å²) >= 11 is 3.37. The molecule has 0 aromatic heterocycles. The number of esters is 1. The van der Waals surface area contributed by atoms with E-state index >= 15 is 0 Å². The largest absolute Gasteiger partial charge is 0.465 e. The van der Waals surface area contributed by atoms with Gasteiger partial charge in [-0.25, -0.2) is 9.59 Å². The van der Waals surface area contributed by atoms with Crippen LogP contribution < -0.4 is 10.6 Å². The number of amides is 2. The standard InChI is InChI=1S/C16H15BrN2O3/c1-10-9-12(17)5-8-14(10)19-16(21)18-13-6-3-11(4-7-13)15(20)22-2/h3-9H,1-2H3,(H2,18,19,21). The molecule has 0 spiro atoms. The molecule has 6 heteroatoms. The van der Waals surface area contributed by atoms with Gasteiger partial charge >= 0.3 is 12.0 Å². The van der Waals surface area contributed by atoms with Gasteiger partial charge in [-0.3, -0.25) is 0 Å². The van der Waals surface area contributed by atoms with Crippen molar-refractivity contribution in [3.05, 3.63) is 58.1 Å². The number of anilines is 2. The highest BCUT2D eigenvalue weighted by Crippen LogP contribution is 2.20. The minimum Gasteiger partial charge on any atom is -0.465 e. The van der Waals surface area contributed by atoms with Crippen LogP contribution in [-0.2, 0) is 4.74 Å². The molecular formula is C16H15BrN2O3. The highest BCUT2D eigenvalue weighted by atomic mass is 79.9. The zero-order valence-electron chi connectivity index (χ0n) is 12.1. The Kier molecular flexibility index (Phi) is 5.16. The van der Waals surface area contributed by atoms with Crippen molar-refractivity contribution in [2.24, 2.45) is 0 Å². The fraction of sp³-hybridized carbons (Fsp3) is 0.125. The molecule has 0 aliphatic rings. The second kappa shape index (κ2) is 7.09. The molecule has 0 atom stereocenters. The third-order valence-electron chi connectivity index (χ3n) is 3.00. The molecule has 2 aromatic rings. The van der Waals surface area contributed by atoms with Crippen LogP contribution in [-0.4, -0.2) is 19.1 Å². The Morgan fingerprint density at radius 2 is 1.73 bits per heavy atom. The number of aryl methyl sites for hydroxylation is 1. The maximum absolute atomic E-state index is 12.0. The lowest BCUT2D eigenvalue weighted by Gasteiger charge is -2.10. The summed E-state index contributed by atoms with van der Waals surface area (Å²) in [6, 6.07) is 11.7. The Morgan fingerprint density at radius 1 is 1.05 bits per heavy atom. The predicted octanol–water partition coefficient (Wildman–Crippen LogP) is 4.19. The van der Waals surface area contributed by atoms with Gasteiger partial charge in [-0.05, 0) is 55.0 Å². The third kappa shape index (κ3) is 4.08. The zero-order valence-corrected chi connectivity index (χ0v) is 13.7. The summed E-state index contributed by atoms with van der Waals surface area (Å²) in [6.07, 6.45) is 0. The van der Waals surface area contributed by atoms with Crippen LogP contribution >= 0.6 is 15.9 Å². The van der Waals surface area contributed by atoms with E-state index in [0.29, 0.717) is 11.3 Å². The Bertz CT molecular complexity index is 699. The lowest BCUT2D eigenvalue weighted by Crippen LogP contribution is -2.20. The van der Waals surface area contributed by atoms with Gasteiger partial charge in [0.15, 0.2) is 0 Å². The van der Waals surface area contributed by atoms with E-state index in [1.807, 2.05) is 25.1 Å².